The molecule has 0 spiro atoms. The Morgan fingerprint density at radius 2 is 1.75 bits per heavy atom. The SMILES string of the molecule is CN(Cc1ccc(Br)cc1)Cc1ccc(F)cc1CN. The van der Waals surface area contributed by atoms with Crippen molar-refractivity contribution in [2.24, 2.45) is 5.73 Å². The van der Waals surface area contributed by atoms with E-state index in [4.69, 9.17) is 5.73 Å². The molecule has 0 heterocycles. The third-order valence-corrected chi connectivity index (χ3v) is 3.72. The first kappa shape index (κ1) is 15.2. The summed E-state index contributed by atoms with van der Waals surface area (Å²) < 4.78 is 14.3. The van der Waals surface area contributed by atoms with Crippen LogP contribution in [0.3, 0.4) is 0 Å². The van der Waals surface area contributed by atoms with Crippen molar-refractivity contribution in [2.75, 3.05) is 7.05 Å². The molecule has 0 unspecified atom stereocenters. The largest absolute Gasteiger partial charge is 0.326 e. The molecule has 2 aromatic carbocycles. The second-order valence-corrected chi connectivity index (χ2v) is 5.83. The number of halogens is 2. The monoisotopic (exact) mass is 336 g/mol. The molecule has 106 valence electrons. The number of nitrogens with two attached hydrogens (primary N) is 1. The van der Waals surface area contributed by atoms with Crippen LogP contribution in [0.25, 0.3) is 0 Å². The molecule has 0 fully saturated rings. The molecule has 4 heteroatoms. The van der Waals surface area contributed by atoms with Gasteiger partial charge in [0.2, 0.25) is 0 Å². The number of hydrogen-bond donors (Lipinski definition) is 1. The van der Waals surface area contributed by atoms with Crippen LogP contribution in [0.15, 0.2) is 46.9 Å². The van der Waals surface area contributed by atoms with Gasteiger partial charge in [0.1, 0.15) is 5.82 Å². The van der Waals surface area contributed by atoms with Gasteiger partial charge in [0.25, 0.3) is 0 Å². The molecule has 2 N–H and O–H groups in total. The van der Waals surface area contributed by atoms with Crippen molar-refractivity contribution in [1.82, 2.24) is 4.90 Å². The van der Waals surface area contributed by atoms with Gasteiger partial charge in [-0.1, -0.05) is 34.1 Å². The van der Waals surface area contributed by atoms with Crippen molar-refractivity contribution < 1.29 is 4.39 Å². The van der Waals surface area contributed by atoms with E-state index in [0.717, 1.165) is 28.7 Å². The van der Waals surface area contributed by atoms with Crippen molar-refractivity contribution in [3.05, 3.63) is 69.4 Å². The van der Waals surface area contributed by atoms with E-state index in [1.807, 2.05) is 25.2 Å². The summed E-state index contributed by atoms with van der Waals surface area (Å²) in [6, 6.07) is 13.1. The molecule has 2 nitrogen and oxygen atoms in total. The molecule has 0 aromatic heterocycles. The Hall–Kier alpha value is -1.23. The van der Waals surface area contributed by atoms with Gasteiger partial charge in [-0.3, -0.25) is 4.90 Å². The zero-order valence-electron chi connectivity index (χ0n) is 11.4. The Kier molecular flexibility index (Phi) is 5.29. The second-order valence-electron chi connectivity index (χ2n) is 4.92. The minimum absolute atomic E-state index is 0.232. The van der Waals surface area contributed by atoms with Crippen molar-refractivity contribution >= 4 is 15.9 Å². The zero-order chi connectivity index (χ0) is 14.5. The maximum atomic E-state index is 13.2. The molecular weight excluding hydrogens is 319 g/mol. The molecule has 2 aromatic rings. The van der Waals surface area contributed by atoms with Crippen LogP contribution in [0, 0.1) is 5.82 Å². The molecule has 2 rings (SSSR count). The summed E-state index contributed by atoms with van der Waals surface area (Å²) in [5.41, 5.74) is 8.86. The van der Waals surface area contributed by atoms with Gasteiger partial charge in [-0.05, 0) is 48.0 Å². The third kappa shape index (κ3) is 4.13. The first-order chi connectivity index (χ1) is 9.58. The van der Waals surface area contributed by atoms with Gasteiger partial charge in [0.15, 0.2) is 0 Å². The Morgan fingerprint density at radius 3 is 2.40 bits per heavy atom. The van der Waals surface area contributed by atoms with Gasteiger partial charge in [-0.2, -0.15) is 0 Å². The number of hydrogen-bond acceptors (Lipinski definition) is 2. The molecule has 0 atom stereocenters. The standard InChI is InChI=1S/C16H18BrFN2/c1-20(10-12-2-5-15(17)6-3-12)11-13-4-7-16(18)8-14(13)9-19/h2-8H,9-11,19H2,1H3. The van der Waals surface area contributed by atoms with Gasteiger partial charge in [0, 0.05) is 24.1 Å². The maximum absolute atomic E-state index is 13.2. The molecule has 0 aliphatic rings. The minimum atomic E-state index is -0.232. The molecule has 0 bridgehead atoms. The maximum Gasteiger partial charge on any atom is 0.123 e. The number of nitrogens with zero attached hydrogens (tertiary/aromatic N) is 1. The quantitative estimate of drug-likeness (QED) is 0.902. The lowest BCUT2D eigenvalue weighted by atomic mass is 10.1. The third-order valence-electron chi connectivity index (χ3n) is 3.19. The summed E-state index contributed by atoms with van der Waals surface area (Å²) in [5, 5.41) is 0. The minimum Gasteiger partial charge on any atom is -0.326 e. The van der Waals surface area contributed by atoms with Crippen LogP contribution in [-0.2, 0) is 19.6 Å². The van der Waals surface area contributed by atoms with Crippen LogP contribution in [0.5, 0.6) is 0 Å². The topological polar surface area (TPSA) is 29.3 Å². The van der Waals surface area contributed by atoms with E-state index >= 15 is 0 Å². The zero-order valence-corrected chi connectivity index (χ0v) is 13.0. The lowest BCUT2D eigenvalue weighted by molar-refractivity contribution is 0.318. The van der Waals surface area contributed by atoms with Crippen LogP contribution in [0.2, 0.25) is 0 Å². The molecule has 0 saturated carbocycles. The van der Waals surface area contributed by atoms with Crippen molar-refractivity contribution in [3.63, 3.8) is 0 Å². The normalized spacial score (nSPS) is 11.1. The van der Waals surface area contributed by atoms with Crippen molar-refractivity contribution in [2.45, 2.75) is 19.6 Å². The highest BCUT2D eigenvalue weighted by atomic mass is 79.9. The predicted octanol–water partition coefficient (Wildman–Crippen LogP) is 3.68. The molecule has 0 aliphatic heterocycles. The number of rotatable bonds is 5. The fraction of sp³-hybridized carbons (Fsp3) is 0.250. The Morgan fingerprint density at radius 1 is 1.05 bits per heavy atom. The first-order valence-corrected chi connectivity index (χ1v) is 7.28. The highest BCUT2D eigenvalue weighted by Crippen LogP contribution is 2.16. The van der Waals surface area contributed by atoms with Gasteiger partial charge < -0.3 is 5.73 Å². The van der Waals surface area contributed by atoms with Crippen LogP contribution < -0.4 is 5.73 Å². The second kappa shape index (κ2) is 6.97. The van der Waals surface area contributed by atoms with Crippen LogP contribution in [0.4, 0.5) is 4.39 Å². The average molecular weight is 337 g/mol. The summed E-state index contributed by atoms with van der Waals surface area (Å²) in [4.78, 5) is 2.19. The van der Waals surface area contributed by atoms with Gasteiger partial charge >= 0.3 is 0 Å². The van der Waals surface area contributed by atoms with Crippen LogP contribution >= 0.6 is 15.9 Å². The van der Waals surface area contributed by atoms with E-state index < -0.39 is 0 Å². The predicted molar refractivity (Wildman–Crippen MR) is 83.6 cm³/mol. The van der Waals surface area contributed by atoms with Gasteiger partial charge in [-0.15, -0.1) is 0 Å². The summed E-state index contributed by atoms with van der Waals surface area (Å²) >= 11 is 3.43. The van der Waals surface area contributed by atoms with Crippen molar-refractivity contribution in [1.29, 1.82) is 0 Å². The average Bonchev–Trinajstić information content (AvgIpc) is 2.43. The van der Waals surface area contributed by atoms with E-state index in [0.29, 0.717) is 6.54 Å². The summed E-state index contributed by atoms with van der Waals surface area (Å²) in [7, 11) is 2.05. The van der Waals surface area contributed by atoms with Crippen LogP contribution in [0.1, 0.15) is 16.7 Å². The van der Waals surface area contributed by atoms with E-state index in [1.165, 1.54) is 17.7 Å². The molecule has 0 aliphatic carbocycles. The Balaban J connectivity index is 2.04. The van der Waals surface area contributed by atoms with Crippen LogP contribution in [-0.4, -0.2) is 11.9 Å². The molecule has 20 heavy (non-hydrogen) atoms. The van der Waals surface area contributed by atoms with Gasteiger partial charge in [-0.25, -0.2) is 4.39 Å². The number of benzene rings is 2. The summed E-state index contributed by atoms with van der Waals surface area (Å²) in [6.07, 6.45) is 0. The summed E-state index contributed by atoms with van der Waals surface area (Å²) in [5.74, 6) is -0.232. The Bertz CT molecular complexity index is 569. The molecule has 0 radical (unpaired) electrons. The highest BCUT2D eigenvalue weighted by molar-refractivity contribution is 9.10. The molecule has 0 amide bonds. The smallest absolute Gasteiger partial charge is 0.123 e. The molecular formula is C16H18BrFN2. The van der Waals surface area contributed by atoms with E-state index in [9.17, 15) is 4.39 Å². The van der Waals surface area contributed by atoms with E-state index in [-0.39, 0.29) is 5.82 Å². The fourth-order valence-corrected chi connectivity index (χ4v) is 2.45. The summed E-state index contributed by atoms with van der Waals surface area (Å²) in [6.45, 7) is 1.96. The van der Waals surface area contributed by atoms with Gasteiger partial charge in [0.05, 0.1) is 0 Å². The lowest BCUT2D eigenvalue weighted by Gasteiger charge is -2.19. The highest BCUT2D eigenvalue weighted by Gasteiger charge is 2.07. The fourth-order valence-electron chi connectivity index (χ4n) is 2.19. The van der Waals surface area contributed by atoms with Crippen molar-refractivity contribution in [3.8, 4) is 0 Å². The molecule has 0 saturated heterocycles. The van der Waals surface area contributed by atoms with E-state index in [1.54, 1.807) is 0 Å². The lowest BCUT2D eigenvalue weighted by Crippen LogP contribution is -2.18. The first-order valence-electron chi connectivity index (χ1n) is 6.49. The van der Waals surface area contributed by atoms with E-state index in [2.05, 4.69) is 33.0 Å². The Labute approximate surface area is 127 Å².